The van der Waals surface area contributed by atoms with Crippen LogP contribution < -0.4 is 24.2 Å². The van der Waals surface area contributed by atoms with Crippen molar-refractivity contribution < 1.29 is 40.6 Å². The van der Waals surface area contributed by atoms with Gasteiger partial charge in [-0.3, -0.25) is 10.0 Å². The van der Waals surface area contributed by atoms with Crippen LogP contribution in [-0.4, -0.2) is 66.4 Å². The largest absolute Gasteiger partial charge is 0.481 e. The molecule has 0 bridgehead atoms. The molecule has 0 saturated heterocycles. The van der Waals surface area contributed by atoms with Crippen molar-refractivity contribution in [1.82, 2.24) is 14.7 Å². The lowest BCUT2D eigenvalue weighted by atomic mass is 10.1. The molecule has 1 aromatic carbocycles. The summed E-state index contributed by atoms with van der Waals surface area (Å²) >= 11 is 0. The number of esters is 1. The highest BCUT2D eigenvalue weighted by molar-refractivity contribution is 7.92. The van der Waals surface area contributed by atoms with Crippen LogP contribution in [0.5, 0.6) is 11.8 Å². The van der Waals surface area contributed by atoms with Crippen molar-refractivity contribution in [1.29, 1.82) is 0 Å². The van der Waals surface area contributed by atoms with E-state index in [-0.39, 0.29) is 29.0 Å². The normalized spacial score (nSPS) is 11.3. The maximum atomic E-state index is 12.9. The van der Waals surface area contributed by atoms with Crippen molar-refractivity contribution in [2.45, 2.75) is 11.8 Å². The fourth-order valence-corrected chi connectivity index (χ4v) is 4.19. The number of aryl methyl sites for hydroxylation is 1. The van der Waals surface area contributed by atoms with Gasteiger partial charge in [-0.1, -0.05) is 0 Å². The van der Waals surface area contributed by atoms with E-state index in [1.54, 1.807) is 4.72 Å². The van der Waals surface area contributed by atoms with E-state index in [9.17, 15) is 26.4 Å². The molecule has 2 amide bonds. The van der Waals surface area contributed by atoms with E-state index in [1.807, 2.05) is 0 Å². The molecule has 0 aliphatic carbocycles. The molecule has 180 valence electrons. The second kappa shape index (κ2) is 9.86. The Bertz CT molecular complexity index is 1270. The van der Waals surface area contributed by atoms with Gasteiger partial charge < -0.3 is 14.2 Å². The van der Waals surface area contributed by atoms with E-state index in [4.69, 9.17) is 9.47 Å². The van der Waals surface area contributed by atoms with Crippen LogP contribution in [0, 0.1) is 6.92 Å². The highest BCUT2D eigenvalue weighted by Gasteiger charge is 2.27. The second-order valence-electron chi connectivity index (χ2n) is 6.36. The van der Waals surface area contributed by atoms with Crippen LogP contribution in [0.25, 0.3) is 0 Å². The molecule has 0 saturated carbocycles. The van der Waals surface area contributed by atoms with Gasteiger partial charge in [0.05, 0.1) is 44.9 Å². The number of anilines is 2. The molecule has 0 fully saturated rings. The van der Waals surface area contributed by atoms with E-state index < -0.39 is 42.5 Å². The van der Waals surface area contributed by atoms with Gasteiger partial charge in [-0.25, -0.2) is 31.1 Å². The number of carbonyl (C=O) groups excluding carboxylic acids is 2. The Balaban J connectivity index is 2.44. The Morgan fingerprint density at radius 1 is 0.939 bits per heavy atom. The van der Waals surface area contributed by atoms with Gasteiger partial charge in [-0.2, -0.15) is 9.97 Å². The second-order valence-corrected chi connectivity index (χ2v) is 9.76. The Hall–Kier alpha value is -3.66. The summed E-state index contributed by atoms with van der Waals surface area (Å²) in [5, 5.41) is 2.11. The zero-order valence-corrected chi connectivity index (χ0v) is 19.8. The number of hydrogen-bond donors (Lipinski definition) is 3. The van der Waals surface area contributed by atoms with Crippen molar-refractivity contribution in [2.24, 2.45) is 0 Å². The third-order valence-electron chi connectivity index (χ3n) is 3.87. The predicted octanol–water partition coefficient (Wildman–Crippen LogP) is 0.471. The third kappa shape index (κ3) is 6.66. The number of ether oxygens (including phenoxy) is 3. The highest BCUT2D eigenvalue weighted by Crippen LogP contribution is 2.26. The van der Waals surface area contributed by atoms with Crippen molar-refractivity contribution in [2.75, 3.05) is 37.6 Å². The molecule has 0 spiro atoms. The fraction of sp³-hybridized carbons (Fsp3) is 0.294. The molecule has 1 aromatic heterocycles. The topological polar surface area (TPSA) is 192 Å². The molecular weight excluding hydrogens is 482 g/mol. The Morgan fingerprint density at radius 2 is 1.52 bits per heavy atom. The number of urea groups is 1. The predicted molar refractivity (Wildman–Crippen MR) is 115 cm³/mol. The average molecular weight is 504 g/mol. The Morgan fingerprint density at radius 3 is 2.00 bits per heavy atom. The Kier molecular flexibility index (Phi) is 7.65. The molecule has 14 nitrogen and oxygen atoms in total. The molecule has 0 aliphatic rings. The smallest absolute Gasteiger partial charge is 0.339 e. The Labute approximate surface area is 189 Å². The zero-order chi connectivity index (χ0) is 25.0. The van der Waals surface area contributed by atoms with Gasteiger partial charge in [-0.05, 0) is 24.6 Å². The molecular formula is C17H21N5O9S2. The van der Waals surface area contributed by atoms with E-state index in [1.165, 1.54) is 27.2 Å². The number of amides is 2. The number of nitrogens with one attached hydrogen (secondary N) is 3. The van der Waals surface area contributed by atoms with Crippen molar-refractivity contribution >= 4 is 43.7 Å². The van der Waals surface area contributed by atoms with E-state index in [2.05, 4.69) is 24.7 Å². The van der Waals surface area contributed by atoms with Crippen LogP contribution in [0.3, 0.4) is 0 Å². The highest BCUT2D eigenvalue weighted by atomic mass is 32.2. The number of aromatic nitrogens is 2. The van der Waals surface area contributed by atoms with E-state index in [0.717, 1.165) is 25.5 Å². The summed E-state index contributed by atoms with van der Waals surface area (Å²) in [6, 6.07) is 2.05. The SMILES string of the molecule is COC(=O)c1cc(C)c(NS(C)(=O)=O)cc1S(=O)(=O)NC(=O)Nc1nc(OC)cc(OC)n1. The first-order valence-electron chi connectivity index (χ1n) is 8.81. The van der Waals surface area contributed by atoms with Gasteiger partial charge in [0, 0.05) is 0 Å². The van der Waals surface area contributed by atoms with E-state index in [0.29, 0.717) is 0 Å². The first kappa shape index (κ1) is 25.6. The number of hydrogen-bond acceptors (Lipinski definition) is 11. The van der Waals surface area contributed by atoms with Gasteiger partial charge in [0.2, 0.25) is 27.7 Å². The molecule has 2 rings (SSSR count). The number of carbonyl (C=O) groups is 2. The van der Waals surface area contributed by atoms with Crippen LogP contribution in [0.4, 0.5) is 16.4 Å². The molecule has 0 aliphatic heterocycles. The van der Waals surface area contributed by atoms with Crippen LogP contribution >= 0.6 is 0 Å². The first-order valence-corrected chi connectivity index (χ1v) is 12.2. The molecule has 2 aromatic rings. The van der Waals surface area contributed by atoms with Gasteiger partial charge in [0.15, 0.2) is 0 Å². The van der Waals surface area contributed by atoms with Gasteiger partial charge in [0.1, 0.15) is 4.90 Å². The molecule has 3 N–H and O–H groups in total. The average Bonchev–Trinajstić information content (AvgIpc) is 2.72. The van der Waals surface area contributed by atoms with Crippen molar-refractivity contribution in [3.05, 3.63) is 29.3 Å². The summed E-state index contributed by atoms with van der Waals surface area (Å²) in [4.78, 5) is 31.5. The minimum absolute atomic E-state index is 0.0306. The fourth-order valence-electron chi connectivity index (χ4n) is 2.46. The summed E-state index contributed by atoms with van der Waals surface area (Å²) in [6.07, 6.45) is 0.864. The summed E-state index contributed by atoms with van der Waals surface area (Å²) in [5.41, 5.74) is -0.304. The first-order chi connectivity index (χ1) is 15.3. The number of nitrogens with zero attached hydrogens (tertiary/aromatic N) is 2. The van der Waals surface area contributed by atoms with Crippen LogP contribution in [0.15, 0.2) is 23.1 Å². The number of rotatable bonds is 8. The molecule has 33 heavy (non-hydrogen) atoms. The lowest BCUT2D eigenvalue weighted by Gasteiger charge is -2.15. The molecule has 16 heteroatoms. The quantitative estimate of drug-likeness (QED) is 0.424. The third-order valence-corrected chi connectivity index (χ3v) is 5.83. The van der Waals surface area contributed by atoms with Gasteiger partial charge in [0.25, 0.3) is 10.0 Å². The van der Waals surface area contributed by atoms with Crippen molar-refractivity contribution in [3.63, 3.8) is 0 Å². The van der Waals surface area contributed by atoms with Crippen LogP contribution in [0.2, 0.25) is 0 Å². The maximum absolute atomic E-state index is 12.9. The number of benzene rings is 1. The molecule has 0 unspecified atom stereocenters. The van der Waals surface area contributed by atoms with Crippen LogP contribution in [0.1, 0.15) is 15.9 Å². The molecule has 0 atom stereocenters. The lowest BCUT2D eigenvalue weighted by Crippen LogP contribution is -2.35. The van der Waals surface area contributed by atoms with Gasteiger partial charge in [-0.15, -0.1) is 0 Å². The van der Waals surface area contributed by atoms with E-state index >= 15 is 0 Å². The zero-order valence-electron chi connectivity index (χ0n) is 18.1. The molecule has 1 heterocycles. The standard InChI is InChI=1S/C17H21N5O9S2/c1-9-6-10(15(23)31-4)12(7-11(9)21-32(5,25)26)33(27,28)22-17(24)20-16-18-13(29-2)8-14(19-16)30-3/h6-8,21H,1-5H3,(H2,18,19,20,22,24). The summed E-state index contributed by atoms with van der Waals surface area (Å²) < 4.78 is 67.3. The summed E-state index contributed by atoms with van der Waals surface area (Å²) in [7, 11) is -4.83. The van der Waals surface area contributed by atoms with Crippen LogP contribution in [-0.2, 0) is 24.8 Å². The monoisotopic (exact) mass is 503 g/mol. The summed E-state index contributed by atoms with van der Waals surface area (Å²) in [5.74, 6) is -1.30. The lowest BCUT2D eigenvalue weighted by molar-refractivity contribution is 0.0596. The summed E-state index contributed by atoms with van der Waals surface area (Å²) in [6.45, 7) is 1.45. The van der Waals surface area contributed by atoms with Gasteiger partial charge >= 0.3 is 12.0 Å². The van der Waals surface area contributed by atoms with Crippen molar-refractivity contribution in [3.8, 4) is 11.8 Å². The molecule has 0 radical (unpaired) electrons. The number of sulfonamides is 2. The minimum atomic E-state index is -4.71. The number of methoxy groups -OCH3 is 3. The maximum Gasteiger partial charge on any atom is 0.339 e. The minimum Gasteiger partial charge on any atom is -0.481 e.